The van der Waals surface area contributed by atoms with Crippen LogP contribution in [0.25, 0.3) is 0 Å². The number of methoxy groups -OCH3 is 2. The lowest BCUT2D eigenvalue weighted by atomic mass is 10.5. The van der Waals surface area contributed by atoms with E-state index in [2.05, 4.69) is 10.3 Å². The van der Waals surface area contributed by atoms with Crippen molar-refractivity contribution in [3.05, 3.63) is 11.9 Å². The van der Waals surface area contributed by atoms with Gasteiger partial charge in [-0.1, -0.05) is 5.21 Å². The normalized spacial score (nSPS) is 11.0. The van der Waals surface area contributed by atoms with Crippen LogP contribution in [-0.4, -0.2) is 62.2 Å². The van der Waals surface area contributed by atoms with E-state index in [9.17, 15) is 0 Å². The van der Waals surface area contributed by atoms with Gasteiger partial charge in [-0.25, -0.2) is 4.68 Å². The van der Waals surface area contributed by atoms with E-state index in [0.29, 0.717) is 46.2 Å². The van der Waals surface area contributed by atoms with Gasteiger partial charge in [0, 0.05) is 14.2 Å². The molecule has 0 aliphatic rings. The summed E-state index contributed by atoms with van der Waals surface area (Å²) in [5.41, 5.74) is 0.820. The van der Waals surface area contributed by atoms with Gasteiger partial charge in [0.1, 0.15) is 5.69 Å². The molecule has 0 spiro atoms. The number of ether oxygens (including phenoxy) is 4. The Morgan fingerprint density at radius 1 is 1.00 bits per heavy atom. The van der Waals surface area contributed by atoms with Crippen LogP contribution in [0.2, 0.25) is 0 Å². The molecule has 0 fully saturated rings. The number of hydrogen-bond donors (Lipinski definition) is 0. The predicted molar refractivity (Wildman–Crippen MR) is 64.2 cm³/mol. The molecule has 0 amide bonds. The molecule has 0 bridgehead atoms. The van der Waals surface area contributed by atoms with E-state index in [-0.39, 0.29) is 0 Å². The van der Waals surface area contributed by atoms with Gasteiger partial charge in [-0.2, -0.15) is 0 Å². The van der Waals surface area contributed by atoms with Crippen molar-refractivity contribution < 1.29 is 18.9 Å². The summed E-state index contributed by atoms with van der Waals surface area (Å²) in [5.74, 6) is 0. The number of hydrogen-bond acceptors (Lipinski definition) is 6. The fourth-order valence-corrected chi connectivity index (χ4v) is 1.28. The van der Waals surface area contributed by atoms with Crippen molar-refractivity contribution in [3.8, 4) is 0 Å². The quantitative estimate of drug-likeness (QED) is 0.525. The summed E-state index contributed by atoms with van der Waals surface area (Å²) in [6.45, 7) is 4.11. The molecule has 1 heterocycles. The summed E-state index contributed by atoms with van der Waals surface area (Å²) < 4.78 is 22.2. The zero-order valence-corrected chi connectivity index (χ0v) is 11.0. The van der Waals surface area contributed by atoms with Gasteiger partial charge in [-0.05, 0) is 0 Å². The molecule has 1 aromatic heterocycles. The van der Waals surface area contributed by atoms with E-state index in [1.54, 1.807) is 18.9 Å². The lowest BCUT2D eigenvalue weighted by molar-refractivity contribution is 0.0224. The fourth-order valence-electron chi connectivity index (χ4n) is 1.28. The monoisotopic (exact) mass is 259 g/mol. The molecule has 7 nitrogen and oxygen atoms in total. The topological polar surface area (TPSA) is 67.6 Å². The molecule has 0 aliphatic carbocycles. The number of nitrogens with zero attached hydrogens (tertiary/aromatic N) is 3. The Bertz CT molecular complexity index is 306. The van der Waals surface area contributed by atoms with Crippen molar-refractivity contribution in [2.45, 2.75) is 13.2 Å². The molecule has 0 saturated carbocycles. The van der Waals surface area contributed by atoms with Gasteiger partial charge in [0.05, 0.1) is 52.4 Å². The Hall–Kier alpha value is -1.02. The minimum Gasteiger partial charge on any atom is -0.382 e. The van der Waals surface area contributed by atoms with Crippen LogP contribution in [-0.2, 0) is 32.1 Å². The predicted octanol–water partition coefficient (Wildman–Crippen LogP) is 0.104. The maximum atomic E-state index is 5.40. The smallest absolute Gasteiger partial charge is 0.108 e. The van der Waals surface area contributed by atoms with Crippen LogP contribution in [0.4, 0.5) is 0 Å². The van der Waals surface area contributed by atoms with Crippen LogP contribution in [0.1, 0.15) is 5.69 Å². The van der Waals surface area contributed by atoms with E-state index in [1.807, 2.05) is 6.20 Å². The van der Waals surface area contributed by atoms with Gasteiger partial charge >= 0.3 is 0 Å². The van der Waals surface area contributed by atoms with E-state index < -0.39 is 0 Å². The van der Waals surface area contributed by atoms with Gasteiger partial charge in [-0.15, -0.1) is 5.10 Å². The van der Waals surface area contributed by atoms with Crippen LogP contribution in [0.15, 0.2) is 6.20 Å². The Labute approximate surface area is 107 Å². The highest BCUT2D eigenvalue weighted by Gasteiger charge is 1.99. The summed E-state index contributed by atoms with van der Waals surface area (Å²) in [6.07, 6.45) is 1.85. The van der Waals surface area contributed by atoms with Crippen LogP contribution < -0.4 is 0 Å². The Morgan fingerprint density at radius 2 is 1.72 bits per heavy atom. The van der Waals surface area contributed by atoms with E-state index in [4.69, 9.17) is 18.9 Å². The molecule has 7 heteroatoms. The highest BCUT2D eigenvalue weighted by atomic mass is 16.5. The standard InChI is InChI=1S/C11H21N3O4/c1-15-5-6-18-8-7-17-4-3-14-9-11(10-16-2)12-13-14/h9H,3-8,10H2,1-2H3. The summed E-state index contributed by atoms with van der Waals surface area (Å²) in [6, 6.07) is 0. The Balaban J connectivity index is 1.96. The van der Waals surface area contributed by atoms with Gasteiger partial charge in [0.25, 0.3) is 0 Å². The number of rotatable bonds is 11. The van der Waals surface area contributed by atoms with E-state index >= 15 is 0 Å². The SMILES string of the molecule is COCCOCCOCCn1cc(COC)nn1. The average molecular weight is 259 g/mol. The molecular formula is C11H21N3O4. The van der Waals surface area contributed by atoms with Crippen molar-refractivity contribution in [1.29, 1.82) is 0 Å². The number of aromatic nitrogens is 3. The largest absolute Gasteiger partial charge is 0.382 e. The van der Waals surface area contributed by atoms with Crippen LogP contribution in [0.5, 0.6) is 0 Å². The van der Waals surface area contributed by atoms with Crippen molar-refractivity contribution in [3.63, 3.8) is 0 Å². The first-order valence-corrected chi connectivity index (χ1v) is 5.89. The lowest BCUT2D eigenvalue weighted by Crippen LogP contribution is -2.12. The van der Waals surface area contributed by atoms with Gasteiger partial charge in [0.2, 0.25) is 0 Å². The summed E-state index contributed by atoms with van der Waals surface area (Å²) in [5, 5.41) is 7.90. The highest BCUT2D eigenvalue weighted by Crippen LogP contribution is 1.94. The third-order valence-electron chi connectivity index (χ3n) is 2.15. The molecule has 0 atom stereocenters. The minimum absolute atomic E-state index is 0.480. The first-order valence-electron chi connectivity index (χ1n) is 5.89. The van der Waals surface area contributed by atoms with Gasteiger partial charge in [0.15, 0.2) is 0 Å². The van der Waals surface area contributed by atoms with Crippen LogP contribution >= 0.6 is 0 Å². The zero-order valence-electron chi connectivity index (χ0n) is 11.0. The molecule has 104 valence electrons. The molecule has 1 rings (SSSR count). The van der Waals surface area contributed by atoms with Crippen molar-refractivity contribution in [2.24, 2.45) is 0 Å². The molecule has 18 heavy (non-hydrogen) atoms. The summed E-state index contributed by atoms with van der Waals surface area (Å²) in [7, 11) is 3.28. The first-order chi connectivity index (χ1) is 8.86. The molecule has 0 N–H and O–H groups in total. The minimum atomic E-state index is 0.480. The maximum Gasteiger partial charge on any atom is 0.108 e. The molecule has 0 aliphatic heterocycles. The second-order valence-corrected chi connectivity index (χ2v) is 3.62. The molecule has 0 unspecified atom stereocenters. The van der Waals surface area contributed by atoms with Gasteiger partial charge in [-0.3, -0.25) is 0 Å². The molecule has 0 aromatic carbocycles. The summed E-state index contributed by atoms with van der Waals surface area (Å²) >= 11 is 0. The fraction of sp³-hybridized carbons (Fsp3) is 0.818. The second kappa shape index (κ2) is 9.95. The van der Waals surface area contributed by atoms with Crippen molar-refractivity contribution in [2.75, 3.05) is 47.3 Å². The molecule has 1 aromatic rings. The lowest BCUT2D eigenvalue weighted by Gasteiger charge is -2.05. The molecular weight excluding hydrogens is 238 g/mol. The van der Waals surface area contributed by atoms with Crippen molar-refractivity contribution >= 4 is 0 Å². The Morgan fingerprint density at radius 3 is 2.44 bits per heavy atom. The third kappa shape index (κ3) is 6.65. The maximum absolute atomic E-state index is 5.40. The Kier molecular flexibility index (Phi) is 8.32. The highest BCUT2D eigenvalue weighted by molar-refractivity contribution is 4.89. The molecule has 0 radical (unpaired) electrons. The summed E-state index contributed by atoms with van der Waals surface area (Å²) in [4.78, 5) is 0. The van der Waals surface area contributed by atoms with E-state index in [1.165, 1.54) is 0 Å². The third-order valence-corrected chi connectivity index (χ3v) is 2.15. The van der Waals surface area contributed by atoms with Crippen LogP contribution in [0, 0.1) is 0 Å². The van der Waals surface area contributed by atoms with Crippen LogP contribution in [0.3, 0.4) is 0 Å². The van der Waals surface area contributed by atoms with E-state index in [0.717, 1.165) is 5.69 Å². The molecule has 0 saturated heterocycles. The second-order valence-electron chi connectivity index (χ2n) is 3.62. The first kappa shape index (κ1) is 15.0. The average Bonchev–Trinajstić information content (AvgIpc) is 2.81. The zero-order chi connectivity index (χ0) is 13.1. The van der Waals surface area contributed by atoms with Gasteiger partial charge < -0.3 is 18.9 Å². The van der Waals surface area contributed by atoms with Crippen molar-refractivity contribution in [1.82, 2.24) is 15.0 Å².